The molecule has 0 aliphatic carbocycles. The van der Waals surface area contributed by atoms with Crippen molar-refractivity contribution in [1.82, 2.24) is 21.3 Å². The second-order valence-electron chi connectivity index (χ2n) is 35.8. The highest BCUT2D eigenvalue weighted by molar-refractivity contribution is 6.01. The number of phenolic OH excluding ortho intramolecular Hbond substituents is 2. The fraction of sp³-hybridized carbons (Fsp3) is 0.805. The van der Waals surface area contributed by atoms with Gasteiger partial charge >= 0.3 is 23.9 Å². The van der Waals surface area contributed by atoms with Gasteiger partial charge in [-0.1, -0.05) is 147 Å². The minimum Gasteiger partial charge on any atom is -0.507 e. The molecule has 8 unspecified atom stereocenters. The minimum absolute atomic E-state index is 0.130. The van der Waals surface area contributed by atoms with E-state index in [1.54, 1.807) is 0 Å². The van der Waals surface area contributed by atoms with Crippen molar-refractivity contribution in [3.63, 3.8) is 0 Å². The average Bonchev–Trinajstić information content (AvgIpc) is 0.781. The fourth-order valence-corrected chi connectivity index (χ4v) is 17.2. The van der Waals surface area contributed by atoms with Crippen LogP contribution in [0, 0.1) is 24.7 Å². The van der Waals surface area contributed by atoms with Gasteiger partial charge in [-0.15, -0.1) is 0 Å². The second-order valence-corrected chi connectivity index (χ2v) is 35.8. The van der Waals surface area contributed by atoms with Gasteiger partial charge in [0.15, 0.2) is 10.8 Å². The number of nitrogens with one attached hydrogen (secondary N) is 4. The number of hydrogen-bond donors (Lipinski definition) is 6. The molecular formula is C82H138N4O10. The first-order chi connectivity index (χ1) is 44.4. The Bertz CT molecular complexity index is 2620. The molecule has 4 fully saturated rings. The molecule has 0 radical (unpaired) electrons. The van der Waals surface area contributed by atoms with Gasteiger partial charge in [-0.05, 0) is 203 Å². The number of benzene rings is 2. The molecule has 4 saturated heterocycles. The maximum absolute atomic E-state index is 16.1. The number of unbranched alkanes of at least 4 members (excludes halogenated alkanes) is 3. The normalized spacial score (nSPS) is 32.5. The van der Waals surface area contributed by atoms with Crippen molar-refractivity contribution in [2.75, 3.05) is 0 Å². The summed E-state index contributed by atoms with van der Waals surface area (Å²) >= 11 is 0. The summed E-state index contributed by atoms with van der Waals surface area (Å²) in [5.41, 5.74) is -1.75. The van der Waals surface area contributed by atoms with Gasteiger partial charge in [0, 0.05) is 95.7 Å². The van der Waals surface area contributed by atoms with Crippen LogP contribution in [0.25, 0.3) is 0 Å². The standard InChI is InChI=1S/C82H138N4O10/c1-25-73(17)47-59(48-74(18,26-2)83-73)93-67(89)81(41-37-57-43-55(9)65(87)63(45-57)71(11,12)13,68(90)94-60-49-75(19,27-3)84-76(20,28-4)50-60)39-35-33-34-36-40-82(42-38-58-44-56(10)66(88)64(46-58)72(14,15)16,69(91)95-61-51-77(21,29-5)85-78(22,30-6)52-61)70(92)96-62-53-79(23,31-7)86-80(24,32-8)54-62/h43-46,59-62,83-88H,25-42,47-54H2,1-24H3. The summed E-state index contributed by atoms with van der Waals surface area (Å²) in [5, 5.41) is 38.5. The van der Waals surface area contributed by atoms with Crippen LogP contribution in [0.15, 0.2) is 24.3 Å². The van der Waals surface area contributed by atoms with Gasteiger partial charge in [-0.3, -0.25) is 19.2 Å². The van der Waals surface area contributed by atoms with E-state index in [0.29, 0.717) is 89.9 Å². The Morgan fingerprint density at radius 2 is 0.583 bits per heavy atom. The molecule has 4 aliphatic rings. The molecule has 2 aromatic carbocycles. The lowest BCUT2D eigenvalue weighted by molar-refractivity contribution is -0.187. The average molecular weight is 1340 g/mol. The Hall–Kier alpha value is -4.24. The molecule has 0 saturated carbocycles. The highest BCUT2D eigenvalue weighted by atomic mass is 16.6. The zero-order valence-electron chi connectivity index (χ0n) is 65.2. The number of ether oxygens (including phenoxy) is 4. The van der Waals surface area contributed by atoms with Crippen LogP contribution in [0.1, 0.15) is 340 Å². The first kappa shape index (κ1) is 80.7. The maximum atomic E-state index is 16.1. The van der Waals surface area contributed by atoms with Crippen molar-refractivity contribution in [2.45, 2.75) is 413 Å². The minimum atomic E-state index is -1.71. The lowest BCUT2D eigenvalue weighted by atomic mass is 9.74. The van der Waals surface area contributed by atoms with Crippen molar-refractivity contribution in [3.05, 3.63) is 57.6 Å². The number of carbonyl (C=O) groups excluding carboxylic acids is 4. The molecule has 14 heteroatoms. The summed E-state index contributed by atoms with van der Waals surface area (Å²) in [7, 11) is 0. The number of rotatable bonds is 29. The van der Waals surface area contributed by atoms with Crippen LogP contribution in [0.3, 0.4) is 0 Å². The molecule has 6 N–H and O–H groups in total. The van der Waals surface area contributed by atoms with Gasteiger partial charge in [-0.25, -0.2) is 0 Å². The van der Waals surface area contributed by atoms with Crippen molar-refractivity contribution in [1.29, 1.82) is 0 Å². The van der Waals surface area contributed by atoms with Gasteiger partial charge in [0.1, 0.15) is 35.9 Å². The summed E-state index contributed by atoms with van der Waals surface area (Å²) in [4.78, 5) is 64.4. The number of hydrogen-bond acceptors (Lipinski definition) is 14. The van der Waals surface area contributed by atoms with E-state index >= 15 is 19.2 Å². The molecule has 0 aromatic heterocycles. The van der Waals surface area contributed by atoms with Gasteiger partial charge < -0.3 is 50.4 Å². The van der Waals surface area contributed by atoms with E-state index in [1.165, 1.54) is 0 Å². The Balaban J connectivity index is 1.45. The number of carbonyl (C=O) groups is 4. The van der Waals surface area contributed by atoms with Crippen LogP contribution >= 0.6 is 0 Å². The summed E-state index contributed by atoms with van der Waals surface area (Å²) in [5.74, 6) is -1.71. The van der Waals surface area contributed by atoms with E-state index in [4.69, 9.17) is 18.9 Å². The molecule has 14 nitrogen and oxygen atoms in total. The van der Waals surface area contributed by atoms with Crippen LogP contribution in [0.2, 0.25) is 0 Å². The smallest absolute Gasteiger partial charge is 0.323 e. The maximum Gasteiger partial charge on any atom is 0.323 e. The zero-order chi connectivity index (χ0) is 72.1. The third-order valence-electron chi connectivity index (χ3n) is 24.7. The summed E-state index contributed by atoms with van der Waals surface area (Å²) in [6.45, 7) is 51.2. The van der Waals surface area contributed by atoms with E-state index in [1.807, 2.05) is 38.1 Å². The number of esters is 4. The zero-order valence-corrected chi connectivity index (χ0v) is 65.2. The first-order valence-electron chi connectivity index (χ1n) is 38.0. The number of aromatic hydroxyl groups is 2. The summed E-state index contributed by atoms with van der Waals surface area (Å²) in [6.07, 6.45) is 12.9. The molecule has 2 aromatic rings. The molecule has 4 aliphatic heterocycles. The molecular weight excluding hydrogens is 1200 g/mol. The summed E-state index contributed by atoms with van der Waals surface area (Å²) < 4.78 is 27.7. The van der Waals surface area contributed by atoms with E-state index in [9.17, 15) is 10.2 Å². The molecule has 0 amide bonds. The Morgan fingerprint density at radius 1 is 0.375 bits per heavy atom. The predicted molar refractivity (Wildman–Crippen MR) is 391 cm³/mol. The van der Waals surface area contributed by atoms with Crippen LogP contribution in [0.4, 0.5) is 0 Å². The van der Waals surface area contributed by atoms with E-state index in [2.05, 4.69) is 174 Å². The largest absolute Gasteiger partial charge is 0.507 e. The number of piperidine rings is 4. The van der Waals surface area contributed by atoms with Gasteiger partial charge in [-0.2, -0.15) is 0 Å². The van der Waals surface area contributed by atoms with Gasteiger partial charge in [0.2, 0.25) is 0 Å². The first-order valence-corrected chi connectivity index (χ1v) is 38.0. The lowest BCUT2D eigenvalue weighted by Crippen LogP contribution is -2.63. The highest BCUT2D eigenvalue weighted by Gasteiger charge is 2.56. The monoisotopic (exact) mass is 1340 g/mol. The van der Waals surface area contributed by atoms with E-state index in [-0.39, 0.29) is 92.3 Å². The van der Waals surface area contributed by atoms with Crippen LogP contribution < -0.4 is 21.3 Å². The summed E-state index contributed by atoms with van der Waals surface area (Å²) in [6, 6.07) is 8.02. The molecule has 4 heterocycles. The molecule has 0 spiro atoms. The van der Waals surface area contributed by atoms with Crippen LogP contribution in [-0.4, -0.2) is 103 Å². The van der Waals surface area contributed by atoms with Crippen LogP contribution in [0.5, 0.6) is 11.5 Å². The number of aryl methyl sites for hydroxylation is 4. The molecule has 0 bridgehead atoms. The Kier molecular flexibility index (Phi) is 26.0. The third-order valence-corrected chi connectivity index (χ3v) is 24.7. The molecule has 6 rings (SSSR count). The molecule has 546 valence electrons. The van der Waals surface area contributed by atoms with Crippen molar-refractivity contribution in [3.8, 4) is 11.5 Å². The highest BCUT2D eigenvalue weighted by Crippen LogP contribution is 2.47. The van der Waals surface area contributed by atoms with Crippen LogP contribution in [-0.2, 0) is 61.8 Å². The van der Waals surface area contributed by atoms with E-state index in [0.717, 1.165) is 84.7 Å². The van der Waals surface area contributed by atoms with Crippen molar-refractivity contribution >= 4 is 23.9 Å². The SMILES string of the molecule is CCC1(C)CC(OC(=O)C(CCCCCCC(CCc2cc(C)c(O)c(C(C)(C)C)c2)(C(=O)OC2CC(C)(CC)NC(C)(CC)C2)C(=O)OC2CC(C)(CC)NC(C)(CC)C2)(CCc2cc(C)c(O)c(C(C)(C)C)c2)C(=O)OC2CC(C)(CC)NC(C)(CC)C2)CC(C)(CC)N1. The van der Waals surface area contributed by atoms with Crippen molar-refractivity contribution in [2.24, 2.45) is 10.8 Å². The predicted octanol–water partition coefficient (Wildman–Crippen LogP) is 17.7. The topological polar surface area (TPSA) is 194 Å². The quantitative estimate of drug-likeness (QED) is 0.0195. The molecule has 8 atom stereocenters. The van der Waals surface area contributed by atoms with Gasteiger partial charge in [0.05, 0.1) is 0 Å². The second kappa shape index (κ2) is 30.9. The Morgan fingerprint density at radius 3 is 0.771 bits per heavy atom. The third kappa shape index (κ3) is 19.4. The van der Waals surface area contributed by atoms with E-state index < -0.39 is 59.1 Å². The Labute approximate surface area is 583 Å². The van der Waals surface area contributed by atoms with Crippen molar-refractivity contribution < 1.29 is 48.3 Å². The van der Waals surface area contributed by atoms with Gasteiger partial charge in [0.25, 0.3) is 0 Å². The molecule has 96 heavy (non-hydrogen) atoms. The number of phenols is 2. The lowest BCUT2D eigenvalue weighted by Gasteiger charge is -2.50. The fourth-order valence-electron chi connectivity index (χ4n) is 17.2.